The summed E-state index contributed by atoms with van der Waals surface area (Å²) in [7, 11) is 0. The van der Waals surface area contributed by atoms with Gasteiger partial charge in [-0.2, -0.15) is 0 Å². The van der Waals surface area contributed by atoms with E-state index < -0.39 is 5.60 Å². The number of nitrogens with one attached hydrogen (secondary N) is 1. The molecule has 0 heterocycles. The average Bonchev–Trinajstić information content (AvgIpc) is 2.60. The van der Waals surface area contributed by atoms with Crippen LogP contribution in [-0.4, -0.2) is 23.2 Å². The molecule has 18 heavy (non-hydrogen) atoms. The van der Waals surface area contributed by atoms with Crippen LogP contribution in [0.4, 0.5) is 0 Å². The molecule has 0 saturated heterocycles. The van der Waals surface area contributed by atoms with Gasteiger partial charge in [0.15, 0.2) is 0 Å². The van der Waals surface area contributed by atoms with E-state index in [-0.39, 0.29) is 11.3 Å². The van der Waals surface area contributed by atoms with E-state index in [2.05, 4.69) is 33.0 Å². The third-order valence-electron chi connectivity index (χ3n) is 3.64. The Hall–Kier alpha value is -0.570. The number of carbonyl (C=O) groups is 1. The molecule has 106 valence electrons. The van der Waals surface area contributed by atoms with E-state index >= 15 is 0 Å². The molecule has 3 heteroatoms. The Morgan fingerprint density at radius 3 is 2.39 bits per heavy atom. The lowest BCUT2D eigenvalue weighted by Crippen LogP contribution is -2.41. The van der Waals surface area contributed by atoms with Crippen molar-refractivity contribution in [2.24, 2.45) is 11.3 Å². The zero-order valence-corrected chi connectivity index (χ0v) is 12.4. The summed E-state index contributed by atoms with van der Waals surface area (Å²) in [6, 6.07) is 0. The third-order valence-corrected chi connectivity index (χ3v) is 3.64. The second-order valence-electron chi connectivity index (χ2n) is 7.28. The van der Waals surface area contributed by atoms with Gasteiger partial charge in [0, 0.05) is 13.0 Å². The maximum Gasteiger partial charge on any atom is 0.220 e. The molecule has 0 aliphatic heterocycles. The first kappa shape index (κ1) is 15.5. The molecule has 0 aromatic heterocycles. The Labute approximate surface area is 111 Å². The van der Waals surface area contributed by atoms with E-state index in [0.717, 1.165) is 32.1 Å². The molecule has 2 N–H and O–H groups in total. The molecule has 0 spiro atoms. The van der Waals surface area contributed by atoms with Gasteiger partial charge in [-0.25, -0.2) is 0 Å². The third kappa shape index (κ3) is 5.85. The summed E-state index contributed by atoms with van der Waals surface area (Å²) < 4.78 is 0. The van der Waals surface area contributed by atoms with Crippen LogP contribution in [0.15, 0.2) is 0 Å². The summed E-state index contributed by atoms with van der Waals surface area (Å²) in [5.41, 5.74) is -0.369. The minimum Gasteiger partial charge on any atom is -0.388 e. The molecule has 1 aliphatic rings. The van der Waals surface area contributed by atoms with E-state index in [1.807, 2.05) is 0 Å². The van der Waals surface area contributed by atoms with Crippen LogP contribution >= 0.6 is 0 Å². The van der Waals surface area contributed by atoms with Crippen molar-refractivity contribution in [3.8, 4) is 0 Å². The lowest BCUT2D eigenvalue weighted by Gasteiger charge is -2.25. The van der Waals surface area contributed by atoms with Gasteiger partial charge in [-0.05, 0) is 30.6 Å². The predicted molar refractivity (Wildman–Crippen MR) is 74.3 cm³/mol. The van der Waals surface area contributed by atoms with Crippen molar-refractivity contribution >= 4 is 5.91 Å². The van der Waals surface area contributed by atoms with E-state index in [1.54, 1.807) is 0 Å². The fourth-order valence-electron chi connectivity index (χ4n) is 2.98. The number of amides is 1. The van der Waals surface area contributed by atoms with Gasteiger partial charge >= 0.3 is 0 Å². The molecular formula is C15H29NO2. The number of hydrogen-bond acceptors (Lipinski definition) is 2. The molecule has 1 aliphatic carbocycles. The van der Waals surface area contributed by atoms with Gasteiger partial charge in [0.1, 0.15) is 0 Å². The van der Waals surface area contributed by atoms with E-state index in [4.69, 9.17) is 0 Å². The van der Waals surface area contributed by atoms with Crippen molar-refractivity contribution in [2.45, 2.75) is 71.8 Å². The van der Waals surface area contributed by atoms with Crippen molar-refractivity contribution in [1.82, 2.24) is 5.32 Å². The van der Waals surface area contributed by atoms with Gasteiger partial charge in [-0.3, -0.25) is 4.79 Å². The van der Waals surface area contributed by atoms with Crippen LogP contribution in [-0.2, 0) is 4.79 Å². The van der Waals surface area contributed by atoms with Crippen LogP contribution in [0.2, 0.25) is 0 Å². The van der Waals surface area contributed by atoms with Crippen molar-refractivity contribution in [1.29, 1.82) is 0 Å². The Bertz CT molecular complexity index is 275. The molecule has 0 radical (unpaired) electrons. The summed E-state index contributed by atoms with van der Waals surface area (Å²) in [6.45, 7) is 9.14. The summed E-state index contributed by atoms with van der Waals surface area (Å²) in [6.07, 6.45) is 5.41. The normalized spacial score (nSPS) is 20.7. The lowest BCUT2D eigenvalue weighted by atomic mass is 9.84. The topological polar surface area (TPSA) is 49.3 Å². The fraction of sp³-hybridized carbons (Fsp3) is 0.933. The Kier molecular flexibility index (Phi) is 5.20. The molecular weight excluding hydrogens is 226 g/mol. The first-order chi connectivity index (χ1) is 8.20. The Balaban J connectivity index is 2.25. The molecule has 1 unspecified atom stereocenters. The zero-order valence-electron chi connectivity index (χ0n) is 12.4. The highest BCUT2D eigenvalue weighted by atomic mass is 16.3. The van der Waals surface area contributed by atoms with Crippen LogP contribution in [0.5, 0.6) is 0 Å². The monoisotopic (exact) mass is 255 g/mol. The summed E-state index contributed by atoms with van der Waals surface area (Å²) in [5, 5.41) is 13.0. The SMILES string of the molecule is CC(CC(=O)NCC1(O)CCCC1)CC(C)(C)C. The second kappa shape index (κ2) is 6.05. The molecule has 3 nitrogen and oxygen atoms in total. The van der Waals surface area contributed by atoms with Gasteiger partial charge in [-0.15, -0.1) is 0 Å². The number of hydrogen-bond donors (Lipinski definition) is 2. The van der Waals surface area contributed by atoms with Crippen LogP contribution in [0.1, 0.15) is 66.2 Å². The van der Waals surface area contributed by atoms with Crippen molar-refractivity contribution in [3.63, 3.8) is 0 Å². The number of rotatable bonds is 5. The van der Waals surface area contributed by atoms with Crippen molar-refractivity contribution in [3.05, 3.63) is 0 Å². The fourth-order valence-corrected chi connectivity index (χ4v) is 2.98. The van der Waals surface area contributed by atoms with Crippen LogP contribution in [0.25, 0.3) is 0 Å². The van der Waals surface area contributed by atoms with Gasteiger partial charge < -0.3 is 10.4 Å². The Morgan fingerprint density at radius 1 is 1.33 bits per heavy atom. The predicted octanol–water partition coefficient (Wildman–Crippen LogP) is 2.87. The van der Waals surface area contributed by atoms with Gasteiger partial charge in [0.05, 0.1) is 5.60 Å². The summed E-state index contributed by atoms with van der Waals surface area (Å²) >= 11 is 0. The standard InChI is InChI=1S/C15H29NO2/c1-12(10-14(2,3)4)9-13(17)16-11-15(18)7-5-6-8-15/h12,18H,5-11H2,1-4H3,(H,16,17). The zero-order chi connectivity index (χ0) is 13.8. The first-order valence-electron chi connectivity index (χ1n) is 7.19. The first-order valence-corrected chi connectivity index (χ1v) is 7.19. The smallest absolute Gasteiger partial charge is 0.220 e. The van der Waals surface area contributed by atoms with E-state index in [9.17, 15) is 9.90 Å². The molecule has 1 fully saturated rings. The summed E-state index contributed by atoms with van der Waals surface area (Å²) in [4.78, 5) is 11.8. The van der Waals surface area contributed by atoms with E-state index in [1.165, 1.54) is 0 Å². The number of carbonyl (C=O) groups excluding carboxylic acids is 1. The highest BCUT2D eigenvalue weighted by Gasteiger charge is 2.31. The molecule has 1 rings (SSSR count). The van der Waals surface area contributed by atoms with Gasteiger partial charge in [0.2, 0.25) is 5.91 Å². The molecule has 1 atom stereocenters. The maximum absolute atomic E-state index is 11.8. The minimum absolute atomic E-state index is 0.0760. The van der Waals surface area contributed by atoms with Crippen LogP contribution in [0.3, 0.4) is 0 Å². The molecule has 1 amide bonds. The molecule has 0 aromatic rings. The van der Waals surface area contributed by atoms with Crippen molar-refractivity contribution in [2.75, 3.05) is 6.54 Å². The quantitative estimate of drug-likeness (QED) is 0.793. The van der Waals surface area contributed by atoms with Crippen LogP contribution < -0.4 is 5.32 Å². The van der Waals surface area contributed by atoms with Gasteiger partial charge in [-0.1, -0.05) is 40.5 Å². The Morgan fingerprint density at radius 2 is 1.89 bits per heavy atom. The second-order valence-corrected chi connectivity index (χ2v) is 7.28. The van der Waals surface area contributed by atoms with Gasteiger partial charge in [0.25, 0.3) is 0 Å². The molecule has 1 saturated carbocycles. The minimum atomic E-state index is -0.636. The molecule has 0 aromatic carbocycles. The van der Waals surface area contributed by atoms with Crippen molar-refractivity contribution < 1.29 is 9.90 Å². The molecule has 0 bridgehead atoms. The largest absolute Gasteiger partial charge is 0.388 e. The lowest BCUT2D eigenvalue weighted by molar-refractivity contribution is -0.123. The summed E-state index contributed by atoms with van der Waals surface area (Å²) in [5.74, 6) is 0.468. The highest BCUT2D eigenvalue weighted by Crippen LogP contribution is 2.29. The van der Waals surface area contributed by atoms with E-state index in [0.29, 0.717) is 18.9 Å². The van der Waals surface area contributed by atoms with Crippen LogP contribution in [0, 0.1) is 11.3 Å². The average molecular weight is 255 g/mol. The maximum atomic E-state index is 11.8. The number of aliphatic hydroxyl groups is 1. The highest BCUT2D eigenvalue weighted by molar-refractivity contribution is 5.76.